The predicted molar refractivity (Wildman–Crippen MR) is 108 cm³/mol. The van der Waals surface area contributed by atoms with Gasteiger partial charge in [-0.2, -0.15) is 0 Å². The Kier molecular flexibility index (Phi) is 40.1. The Morgan fingerprint density at radius 1 is 0.455 bits per heavy atom. The highest BCUT2D eigenvalue weighted by molar-refractivity contribution is 5.85. The molecule has 0 atom stereocenters. The highest BCUT2D eigenvalue weighted by atomic mass is 35.5. The van der Waals surface area contributed by atoms with Gasteiger partial charge in [-0.05, 0) is 21.1 Å². The molecule has 0 aromatic heterocycles. The van der Waals surface area contributed by atoms with E-state index < -0.39 is 0 Å². The minimum absolute atomic E-state index is 0. The molecule has 0 saturated carbocycles. The normalized spacial score (nSPS) is 9.55. The van der Waals surface area contributed by atoms with Gasteiger partial charge in [0.2, 0.25) is 0 Å². The lowest BCUT2D eigenvalue weighted by molar-refractivity contribution is 0.505. The molecule has 0 spiro atoms. The topological polar surface area (TPSA) is 38.2 Å². The molecule has 140 valence electrons. The SMILES string of the molecule is CCCCCCCCCCCCCCCC.CN(C)C.Cl.N. The molecular formula is C19H47ClN2. The summed E-state index contributed by atoms with van der Waals surface area (Å²) in [5.74, 6) is 0. The molecule has 0 aromatic rings. The molecule has 0 aliphatic heterocycles. The molecule has 0 amide bonds. The number of unbranched alkanes of at least 4 members (excludes halogenated alkanes) is 13. The molecule has 3 N–H and O–H groups in total. The number of hydrogen-bond donors (Lipinski definition) is 1. The van der Waals surface area contributed by atoms with Crippen molar-refractivity contribution < 1.29 is 0 Å². The predicted octanol–water partition coefficient (Wildman–Crippen LogP) is 7.25. The lowest BCUT2D eigenvalue weighted by Gasteiger charge is -2.02. The Morgan fingerprint density at radius 3 is 0.727 bits per heavy atom. The van der Waals surface area contributed by atoms with Crippen molar-refractivity contribution in [3.05, 3.63) is 0 Å². The number of halogens is 1. The largest absolute Gasteiger partial charge is 0.344 e. The van der Waals surface area contributed by atoms with E-state index in [9.17, 15) is 0 Å². The van der Waals surface area contributed by atoms with Gasteiger partial charge in [-0.3, -0.25) is 0 Å². The first-order valence-electron chi connectivity index (χ1n) is 9.26. The summed E-state index contributed by atoms with van der Waals surface area (Å²) in [5.41, 5.74) is 0. The zero-order chi connectivity index (χ0) is 15.5. The zero-order valence-corrected chi connectivity index (χ0v) is 17.3. The Morgan fingerprint density at radius 2 is 0.591 bits per heavy atom. The fourth-order valence-electron chi connectivity index (χ4n) is 2.27. The average Bonchev–Trinajstić information content (AvgIpc) is 2.39. The van der Waals surface area contributed by atoms with Crippen LogP contribution in [0.5, 0.6) is 0 Å². The maximum Gasteiger partial charge on any atom is -0.0140 e. The van der Waals surface area contributed by atoms with Crippen LogP contribution in [-0.2, 0) is 0 Å². The van der Waals surface area contributed by atoms with Crippen LogP contribution in [0.3, 0.4) is 0 Å². The van der Waals surface area contributed by atoms with E-state index in [1.165, 1.54) is 89.9 Å². The van der Waals surface area contributed by atoms with Crippen LogP contribution in [-0.4, -0.2) is 26.0 Å². The quantitative estimate of drug-likeness (QED) is 0.359. The van der Waals surface area contributed by atoms with E-state index in [2.05, 4.69) is 13.8 Å². The molecule has 0 fully saturated rings. The number of rotatable bonds is 13. The Bertz CT molecular complexity index is 136. The molecule has 0 aromatic carbocycles. The second kappa shape index (κ2) is 29.2. The van der Waals surface area contributed by atoms with Crippen molar-refractivity contribution in [2.75, 3.05) is 21.1 Å². The van der Waals surface area contributed by atoms with Gasteiger partial charge in [0.25, 0.3) is 0 Å². The standard InChI is InChI=1S/C16H34.C3H9N.ClH.H3N/c1-3-5-7-9-11-13-15-16-14-12-10-8-6-4-2;1-4(2)3;;/h3-16H2,1-2H3;1-3H3;1H;1H3. The van der Waals surface area contributed by atoms with Gasteiger partial charge in [-0.15, -0.1) is 12.4 Å². The van der Waals surface area contributed by atoms with Crippen LogP contribution in [0, 0.1) is 0 Å². The van der Waals surface area contributed by atoms with Gasteiger partial charge in [0, 0.05) is 0 Å². The molecule has 0 aliphatic rings. The van der Waals surface area contributed by atoms with Crippen LogP contribution in [0.2, 0.25) is 0 Å². The summed E-state index contributed by atoms with van der Waals surface area (Å²) in [5, 5.41) is 0. The fraction of sp³-hybridized carbons (Fsp3) is 1.00. The Balaban J connectivity index is -0.000000240. The summed E-state index contributed by atoms with van der Waals surface area (Å²) in [7, 11) is 6.00. The van der Waals surface area contributed by atoms with Crippen LogP contribution in [0.25, 0.3) is 0 Å². The van der Waals surface area contributed by atoms with E-state index in [4.69, 9.17) is 0 Å². The minimum Gasteiger partial charge on any atom is -0.344 e. The zero-order valence-electron chi connectivity index (χ0n) is 16.5. The molecule has 0 rings (SSSR count). The number of hydrogen-bond acceptors (Lipinski definition) is 2. The van der Waals surface area contributed by atoms with Crippen molar-refractivity contribution in [2.45, 2.75) is 104 Å². The van der Waals surface area contributed by atoms with Crippen LogP contribution in [0.1, 0.15) is 104 Å². The first-order chi connectivity index (χ1) is 9.65. The molecule has 0 aliphatic carbocycles. The van der Waals surface area contributed by atoms with Crippen molar-refractivity contribution in [3.8, 4) is 0 Å². The summed E-state index contributed by atoms with van der Waals surface area (Å²) < 4.78 is 0. The second-order valence-corrected chi connectivity index (χ2v) is 6.58. The van der Waals surface area contributed by atoms with Crippen molar-refractivity contribution >= 4 is 12.4 Å². The van der Waals surface area contributed by atoms with Crippen molar-refractivity contribution in [1.29, 1.82) is 0 Å². The monoisotopic (exact) mass is 338 g/mol. The van der Waals surface area contributed by atoms with E-state index in [0.29, 0.717) is 0 Å². The number of nitrogens with zero attached hydrogens (tertiary/aromatic N) is 1. The first-order valence-corrected chi connectivity index (χ1v) is 9.26. The van der Waals surface area contributed by atoms with E-state index >= 15 is 0 Å². The molecule has 0 unspecified atom stereocenters. The highest BCUT2D eigenvalue weighted by Crippen LogP contribution is 2.12. The third kappa shape index (κ3) is 42.7. The van der Waals surface area contributed by atoms with Crippen LogP contribution < -0.4 is 6.15 Å². The summed E-state index contributed by atoms with van der Waals surface area (Å²) in [6.45, 7) is 4.58. The summed E-state index contributed by atoms with van der Waals surface area (Å²) in [6.07, 6.45) is 20.4. The summed E-state index contributed by atoms with van der Waals surface area (Å²) >= 11 is 0. The van der Waals surface area contributed by atoms with Crippen molar-refractivity contribution in [1.82, 2.24) is 11.1 Å². The van der Waals surface area contributed by atoms with Gasteiger partial charge in [0.05, 0.1) is 0 Å². The van der Waals surface area contributed by atoms with Crippen molar-refractivity contribution in [3.63, 3.8) is 0 Å². The van der Waals surface area contributed by atoms with Gasteiger partial charge in [0.15, 0.2) is 0 Å². The maximum absolute atomic E-state index is 2.29. The van der Waals surface area contributed by atoms with Gasteiger partial charge in [-0.25, -0.2) is 0 Å². The molecule has 2 nitrogen and oxygen atoms in total. The average molecular weight is 339 g/mol. The summed E-state index contributed by atoms with van der Waals surface area (Å²) in [4.78, 5) is 2.00. The lowest BCUT2D eigenvalue weighted by Crippen LogP contribution is -1.99. The van der Waals surface area contributed by atoms with Gasteiger partial charge >= 0.3 is 0 Å². The smallest absolute Gasteiger partial charge is 0.0140 e. The molecule has 0 saturated heterocycles. The Labute approximate surface area is 148 Å². The van der Waals surface area contributed by atoms with Gasteiger partial charge in [-0.1, -0.05) is 104 Å². The van der Waals surface area contributed by atoms with Crippen molar-refractivity contribution in [2.24, 2.45) is 0 Å². The summed E-state index contributed by atoms with van der Waals surface area (Å²) in [6, 6.07) is 0. The molecule has 22 heavy (non-hydrogen) atoms. The van der Waals surface area contributed by atoms with E-state index in [1.807, 2.05) is 26.0 Å². The highest BCUT2D eigenvalue weighted by Gasteiger charge is 1.92. The molecule has 0 radical (unpaired) electrons. The van der Waals surface area contributed by atoms with Crippen LogP contribution >= 0.6 is 12.4 Å². The maximum atomic E-state index is 2.29. The van der Waals surface area contributed by atoms with Crippen LogP contribution in [0.15, 0.2) is 0 Å². The molecular weight excluding hydrogens is 292 g/mol. The third-order valence-electron chi connectivity index (χ3n) is 3.46. The van der Waals surface area contributed by atoms with E-state index in [-0.39, 0.29) is 18.6 Å². The van der Waals surface area contributed by atoms with Gasteiger partial charge in [0.1, 0.15) is 0 Å². The lowest BCUT2D eigenvalue weighted by atomic mass is 10.0. The fourth-order valence-corrected chi connectivity index (χ4v) is 2.27. The molecule has 0 heterocycles. The molecule has 0 bridgehead atoms. The Hall–Kier alpha value is 0.210. The molecule has 3 heteroatoms. The third-order valence-corrected chi connectivity index (χ3v) is 3.46. The van der Waals surface area contributed by atoms with Crippen LogP contribution in [0.4, 0.5) is 0 Å². The van der Waals surface area contributed by atoms with E-state index in [1.54, 1.807) is 0 Å². The van der Waals surface area contributed by atoms with E-state index in [0.717, 1.165) is 0 Å². The van der Waals surface area contributed by atoms with Gasteiger partial charge < -0.3 is 11.1 Å². The second-order valence-electron chi connectivity index (χ2n) is 6.58. The minimum atomic E-state index is 0. The first kappa shape index (κ1) is 30.1.